The Morgan fingerprint density at radius 1 is 0.917 bits per heavy atom. The summed E-state index contributed by atoms with van der Waals surface area (Å²) in [5.41, 5.74) is -0.740. The van der Waals surface area contributed by atoms with Gasteiger partial charge < -0.3 is 14.2 Å². The van der Waals surface area contributed by atoms with Crippen LogP contribution >= 0.6 is 0 Å². The van der Waals surface area contributed by atoms with E-state index in [0.717, 1.165) is 12.1 Å². The first-order valence-corrected chi connectivity index (χ1v) is 6.99. The van der Waals surface area contributed by atoms with Gasteiger partial charge in [-0.2, -0.15) is 13.2 Å². The average Bonchev–Trinajstić information content (AvgIpc) is 2.55. The first kappa shape index (κ1) is 17.7. The van der Waals surface area contributed by atoms with Gasteiger partial charge in [0.2, 0.25) is 0 Å². The Balaban J connectivity index is 2.00. The highest BCUT2D eigenvalue weighted by atomic mass is 19.4. The van der Waals surface area contributed by atoms with Gasteiger partial charge in [0.25, 0.3) is 0 Å². The van der Waals surface area contributed by atoms with Gasteiger partial charge >= 0.3 is 12.1 Å². The lowest BCUT2D eigenvalue weighted by Gasteiger charge is -2.13. The molecule has 4 nitrogen and oxygen atoms in total. The van der Waals surface area contributed by atoms with E-state index >= 15 is 0 Å². The number of halogens is 3. The molecule has 0 unspecified atom stereocenters. The van der Waals surface area contributed by atoms with Crippen molar-refractivity contribution in [3.8, 4) is 17.2 Å². The summed E-state index contributed by atoms with van der Waals surface area (Å²) in [5, 5.41) is 0. The standard InChI is InChI=1S/C17H15F3O4/c1-11(16(21)22-2)23-13-7-9-15(10-8-13)24-14-5-3-12(4-6-14)17(18,19)20/h3-11H,1-2H3/t11-/m1/s1. The fraction of sp³-hybridized carbons (Fsp3) is 0.235. The monoisotopic (exact) mass is 340 g/mol. The number of rotatable bonds is 5. The van der Waals surface area contributed by atoms with Gasteiger partial charge in [0, 0.05) is 0 Å². The summed E-state index contributed by atoms with van der Waals surface area (Å²) in [6, 6.07) is 10.7. The Bertz CT molecular complexity index is 678. The molecule has 0 saturated heterocycles. The van der Waals surface area contributed by atoms with E-state index in [1.165, 1.54) is 19.2 Å². The van der Waals surface area contributed by atoms with Crippen molar-refractivity contribution < 1.29 is 32.2 Å². The molecular formula is C17H15F3O4. The molecule has 0 aliphatic heterocycles. The second kappa shape index (κ2) is 7.25. The van der Waals surface area contributed by atoms with E-state index in [2.05, 4.69) is 4.74 Å². The van der Waals surface area contributed by atoms with Gasteiger partial charge in [0.1, 0.15) is 17.2 Å². The molecule has 0 heterocycles. The quantitative estimate of drug-likeness (QED) is 0.755. The number of alkyl halides is 3. The maximum absolute atomic E-state index is 12.5. The van der Waals surface area contributed by atoms with Crippen LogP contribution in [0.1, 0.15) is 12.5 Å². The highest BCUT2D eigenvalue weighted by Gasteiger charge is 2.30. The van der Waals surface area contributed by atoms with Crippen molar-refractivity contribution in [1.82, 2.24) is 0 Å². The Kier molecular flexibility index (Phi) is 5.33. The van der Waals surface area contributed by atoms with Crippen molar-refractivity contribution in [2.45, 2.75) is 19.2 Å². The molecular weight excluding hydrogens is 325 g/mol. The van der Waals surface area contributed by atoms with Gasteiger partial charge in [-0.25, -0.2) is 4.79 Å². The zero-order valence-electron chi connectivity index (χ0n) is 13.0. The molecule has 1 atom stereocenters. The summed E-state index contributed by atoms with van der Waals surface area (Å²) in [5.74, 6) is 0.639. The van der Waals surface area contributed by atoms with Gasteiger partial charge in [-0.3, -0.25) is 0 Å². The second-order valence-electron chi connectivity index (χ2n) is 4.88. The number of esters is 1. The molecule has 24 heavy (non-hydrogen) atoms. The van der Waals surface area contributed by atoms with Gasteiger partial charge in [-0.1, -0.05) is 0 Å². The minimum atomic E-state index is -4.38. The van der Waals surface area contributed by atoms with E-state index in [4.69, 9.17) is 9.47 Å². The number of hydrogen-bond donors (Lipinski definition) is 0. The van der Waals surface area contributed by atoms with Crippen molar-refractivity contribution in [3.63, 3.8) is 0 Å². The van der Waals surface area contributed by atoms with Crippen molar-refractivity contribution in [3.05, 3.63) is 54.1 Å². The van der Waals surface area contributed by atoms with Gasteiger partial charge in [0.05, 0.1) is 12.7 Å². The summed E-state index contributed by atoms with van der Waals surface area (Å²) >= 11 is 0. The van der Waals surface area contributed by atoms with E-state index in [1.54, 1.807) is 31.2 Å². The maximum Gasteiger partial charge on any atom is 0.416 e. The zero-order valence-corrected chi connectivity index (χ0v) is 13.0. The summed E-state index contributed by atoms with van der Waals surface area (Å²) in [6.07, 6.45) is -5.13. The third-order valence-electron chi connectivity index (χ3n) is 3.09. The summed E-state index contributed by atoms with van der Waals surface area (Å²) in [7, 11) is 1.27. The Labute approximate surface area is 136 Å². The molecule has 0 saturated carbocycles. The molecule has 0 aliphatic rings. The van der Waals surface area contributed by atoms with Crippen molar-refractivity contribution in [1.29, 1.82) is 0 Å². The number of ether oxygens (including phenoxy) is 3. The maximum atomic E-state index is 12.5. The Hall–Kier alpha value is -2.70. The predicted molar refractivity (Wildman–Crippen MR) is 80.1 cm³/mol. The van der Waals surface area contributed by atoms with Crippen molar-refractivity contribution in [2.75, 3.05) is 7.11 Å². The SMILES string of the molecule is COC(=O)[C@@H](C)Oc1ccc(Oc2ccc(C(F)(F)F)cc2)cc1. The second-order valence-corrected chi connectivity index (χ2v) is 4.88. The molecule has 0 N–H and O–H groups in total. The summed E-state index contributed by atoms with van der Waals surface area (Å²) < 4.78 is 52.9. The van der Waals surface area contributed by atoms with Crippen LogP contribution in [-0.2, 0) is 15.7 Å². The molecule has 7 heteroatoms. The minimum absolute atomic E-state index is 0.277. The van der Waals surface area contributed by atoms with Gasteiger partial charge in [0.15, 0.2) is 6.10 Å². The first-order valence-electron chi connectivity index (χ1n) is 6.99. The number of benzene rings is 2. The molecule has 0 radical (unpaired) electrons. The van der Waals surface area contributed by atoms with Crippen LogP contribution in [0, 0.1) is 0 Å². The van der Waals surface area contributed by atoms with Crippen LogP contribution in [0.5, 0.6) is 17.2 Å². The van der Waals surface area contributed by atoms with E-state index in [1.807, 2.05) is 0 Å². The van der Waals surface area contributed by atoms with Crippen molar-refractivity contribution in [2.24, 2.45) is 0 Å². The van der Waals surface area contributed by atoms with Crippen molar-refractivity contribution >= 4 is 5.97 Å². The van der Waals surface area contributed by atoms with E-state index in [-0.39, 0.29) is 5.75 Å². The van der Waals surface area contributed by atoms with E-state index in [0.29, 0.717) is 11.5 Å². The number of carbonyl (C=O) groups is 1. The molecule has 0 amide bonds. The minimum Gasteiger partial charge on any atom is -0.479 e. The third kappa shape index (κ3) is 4.65. The molecule has 2 aromatic carbocycles. The van der Waals surface area contributed by atoms with Crippen LogP contribution in [0.25, 0.3) is 0 Å². The van der Waals surface area contributed by atoms with Crippen LogP contribution in [0.15, 0.2) is 48.5 Å². The third-order valence-corrected chi connectivity index (χ3v) is 3.09. The largest absolute Gasteiger partial charge is 0.479 e. The number of hydrogen-bond acceptors (Lipinski definition) is 4. The normalized spacial score (nSPS) is 12.4. The fourth-order valence-electron chi connectivity index (χ4n) is 1.85. The van der Waals surface area contributed by atoms with E-state index < -0.39 is 23.8 Å². The first-order chi connectivity index (χ1) is 11.3. The van der Waals surface area contributed by atoms with Crippen LogP contribution in [0.2, 0.25) is 0 Å². The summed E-state index contributed by atoms with van der Waals surface area (Å²) in [4.78, 5) is 11.3. The Morgan fingerprint density at radius 2 is 1.38 bits per heavy atom. The molecule has 0 fully saturated rings. The molecule has 2 aromatic rings. The molecule has 0 spiro atoms. The average molecular weight is 340 g/mol. The molecule has 2 rings (SSSR count). The van der Waals surface area contributed by atoms with Gasteiger partial charge in [-0.05, 0) is 55.5 Å². The lowest BCUT2D eigenvalue weighted by atomic mass is 10.2. The van der Waals surface area contributed by atoms with Crippen LogP contribution in [-0.4, -0.2) is 19.2 Å². The number of methoxy groups -OCH3 is 1. The summed E-state index contributed by atoms with van der Waals surface area (Å²) in [6.45, 7) is 1.55. The van der Waals surface area contributed by atoms with Crippen LogP contribution in [0.4, 0.5) is 13.2 Å². The Morgan fingerprint density at radius 3 is 1.83 bits per heavy atom. The molecule has 0 bridgehead atoms. The highest BCUT2D eigenvalue weighted by Crippen LogP contribution is 2.31. The molecule has 128 valence electrons. The lowest BCUT2D eigenvalue weighted by Crippen LogP contribution is -2.24. The van der Waals surface area contributed by atoms with Gasteiger partial charge in [-0.15, -0.1) is 0 Å². The predicted octanol–water partition coefficient (Wildman–Crippen LogP) is 4.44. The topological polar surface area (TPSA) is 44.8 Å². The smallest absolute Gasteiger partial charge is 0.416 e. The fourth-order valence-corrected chi connectivity index (χ4v) is 1.85. The number of carbonyl (C=O) groups excluding carboxylic acids is 1. The highest BCUT2D eigenvalue weighted by molar-refractivity contribution is 5.74. The zero-order chi connectivity index (χ0) is 17.7. The molecule has 0 aliphatic carbocycles. The lowest BCUT2D eigenvalue weighted by molar-refractivity contribution is -0.147. The van der Waals surface area contributed by atoms with E-state index in [9.17, 15) is 18.0 Å². The van der Waals surface area contributed by atoms with Crippen LogP contribution in [0.3, 0.4) is 0 Å². The molecule has 0 aromatic heterocycles. The van der Waals surface area contributed by atoms with Crippen LogP contribution < -0.4 is 9.47 Å².